The molecular weight excluding hydrogens is 556 g/mol. The molecule has 0 radical (unpaired) electrons. The van der Waals surface area contributed by atoms with Crippen molar-refractivity contribution in [1.82, 2.24) is 15.5 Å². The van der Waals surface area contributed by atoms with Crippen LogP contribution in [0.2, 0.25) is 0 Å². The lowest BCUT2D eigenvalue weighted by Gasteiger charge is -2.25. The van der Waals surface area contributed by atoms with Gasteiger partial charge in [0, 0.05) is 37.3 Å². The third-order valence-electron chi connectivity index (χ3n) is 6.83. The molecule has 236 valence electrons. The third kappa shape index (κ3) is 11.3. The van der Waals surface area contributed by atoms with Crippen molar-refractivity contribution in [2.24, 2.45) is 11.3 Å². The summed E-state index contributed by atoms with van der Waals surface area (Å²) < 4.78 is 5.48. The van der Waals surface area contributed by atoms with E-state index in [0.29, 0.717) is 24.9 Å². The first kappa shape index (κ1) is 35.1. The fraction of sp³-hybridized carbons (Fsp3) is 0.548. The largest absolute Gasteiger partial charge is 0.481 e. The van der Waals surface area contributed by atoms with Crippen LogP contribution in [0.15, 0.2) is 30.4 Å². The van der Waals surface area contributed by atoms with Crippen LogP contribution in [-0.2, 0) is 46.5 Å². The van der Waals surface area contributed by atoms with Gasteiger partial charge in [-0.3, -0.25) is 33.7 Å². The van der Waals surface area contributed by atoms with Gasteiger partial charge in [-0.15, -0.1) is 0 Å². The molecule has 1 aromatic rings. The molecule has 0 saturated carbocycles. The number of benzene rings is 1. The highest BCUT2D eigenvalue weighted by molar-refractivity contribution is 6.12. The van der Waals surface area contributed by atoms with Crippen LogP contribution in [0, 0.1) is 11.3 Å². The van der Waals surface area contributed by atoms with E-state index >= 15 is 0 Å². The number of hydrogen-bond acceptors (Lipinski definition) is 8. The van der Waals surface area contributed by atoms with Crippen molar-refractivity contribution in [2.75, 3.05) is 18.4 Å². The van der Waals surface area contributed by atoms with Crippen LogP contribution in [-0.4, -0.2) is 70.7 Å². The van der Waals surface area contributed by atoms with Crippen molar-refractivity contribution < 1.29 is 38.6 Å². The van der Waals surface area contributed by atoms with Crippen molar-refractivity contribution in [3.63, 3.8) is 0 Å². The molecule has 2 atom stereocenters. The molecule has 0 saturated heterocycles. The summed E-state index contributed by atoms with van der Waals surface area (Å²) in [6, 6.07) is 3.66. The highest BCUT2D eigenvalue weighted by atomic mass is 16.5. The Labute approximate surface area is 252 Å². The molecule has 0 spiro atoms. The predicted molar refractivity (Wildman–Crippen MR) is 160 cm³/mol. The van der Waals surface area contributed by atoms with Crippen LogP contribution in [0.5, 0.6) is 0 Å². The lowest BCUT2D eigenvalue weighted by molar-refractivity contribution is -0.154. The van der Waals surface area contributed by atoms with Gasteiger partial charge in [-0.1, -0.05) is 19.9 Å². The highest BCUT2D eigenvalue weighted by Gasteiger charge is 2.28. The zero-order valence-electron chi connectivity index (χ0n) is 25.8. The smallest absolute Gasteiger partial charge is 0.311 e. The molecule has 1 heterocycles. The first-order valence-electron chi connectivity index (χ1n) is 14.5. The van der Waals surface area contributed by atoms with Crippen LogP contribution >= 0.6 is 0 Å². The maximum absolute atomic E-state index is 13.0. The number of aryl methyl sites for hydroxylation is 1. The highest BCUT2D eigenvalue weighted by Crippen LogP contribution is 2.22. The first-order valence-corrected chi connectivity index (χ1v) is 14.5. The number of aliphatic carboxylic acids is 1. The van der Waals surface area contributed by atoms with Crippen LogP contribution in [0.25, 0.3) is 0 Å². The van der Waals surface area contributed by atoms with Crippen LogP contribution < -0.4 is 16.0 Å². The summed E-state index contributed by atoms with van der Waals surface area (Å²) in [5.74, 6) is -3.00. The van der Waals surface area contributed by atoms with Gasteiger partial charge < -0.3 is 25.8 Å². The van der Waals surface area contributed by atoms with Crippen molar-refractivity contribution in [3.05, 3.63) is 41.5 Å². The summed E-state index contributed by atoms with van der Waals surface area (Å²) in [6.45, 7) is 10.9. The molecule has 1 aliphatic rings. The Balaban J connectivity index is 2.02. The van der Waals surface area contributed by atoms with Gasteiger partial charge in [0.25, 0.3) is 11.8 Å². The van der Waals surface area contributed by atoms with Crippen molar-refractivity contribution >= 4 is 41.3 Å². The molecular formula is C31H44N4O8. The van der Waals surface area contributed by atoms with E-state index in [0.717, 1.165) is 16.0 Å². The van der Waals surface area contributed by atoms with Crippen molar-refractivity contribution in [3.8, 4) is 0 Å². The Morgan fingerprint density at radius 3 is 2.19 bits per heavy atom. The van der Waals surface area contributed by atoms with E-state index in [9.17, 15) is 28.8 Å². The standard InChI is InChI=1S/C31H44N4O8/c1-19(2)27(32-15-16-35-24(36)13-14-25(35)37)29(41)33-20(3)28(40)34-23-12-11-22(18-43-30(42)31(4,5)6)21(17-23)9-7-8-10-26(38)39/h11-14,17,19-20,27,32H,7-10,15-16,18H2,1-6H3,(H,33,41)(H,34,40)(H,38,39)/t20-,27-/m0/s1. The molecule has 4 N–H and O–H groups in total. The second kappa shape index (κ2) is 16.0. The first-order chi connectivity index (χ1) is 20.1. The number of amides is 4. The van der Waals surface area contributed by atoms with E-state index in [1.54, 1.807) is 45.9 Å². The molecule has 0 aromatic heterocycles. The van der Waals surface area contributed by atoms with E-state index in [1.165, 1.54) is 12.2 Å². The van der Waals surface area contributed by atoms with Gasteiger partial charge in [0.15, 0.2) is 0 Å². The van der Waals surface area contributed by atoms with Crippen LogP contribution in [0.4, 0.5) is 5.69 Å². The monoisotopic (exact) mass is 600 g/mol. The number of nitrogens with one attached hydrogen (secondary N) is 3. The molecule has 12 heteroatoms. The number of hydrogen-bond donors (Lipinski definition) is 4. The maximum Gasteiger partial charge on any atom is 0.311 e. The minimum Gasteiger partial charge on any atom is -0.481 e. The number of rotatable bonds is 16. The Morgan fingerprint density at radius 1 is 0.953 bits per heavy atom. The molecule has 43 heavy (non-hydrogen) atoms. The molecule has 12 nitrogen and oxygen atoms in total. The van der Waals surface area contributed by atoms with Gasteiger partial charge in [0.2, 0.25) is 11.8 Å². The zero-order chi connectivity index (χ0) is 32.3. The molecule has 1 aromatic carbocycles. The van der Waals surface area contributed by atoms with Crippen molar-refractivity contribution in [1.29, 1.82) is 0 Å². The average molecular weight is 601 g/mol. The molecule has 0 fully saturated rings. The molecule has 0 aliphatic carbocycles. The van der Waals surface area contributed by atoms with Gasteiger partial charge in [0.1, 0.15) is 12.6 Å². The summed E-state index contributed by atoms with van der Waals surface area (Å²) in [4.78, 5) is 73.8. The lowest BCUT2D eigenvalue weighted by atomic mass is 9.97. The van der Waals surface area contributed by atoms with Crippen LogP contribution in [0.3, 0.4) is 0 Å². The number of ether oxygens (including phenoxy) is 1. The Morgan fingerprint density at radius 2 is 1.60 bits per heavy atom. The normalized spacial score (nSPS) is 14.5. The van der Waals surface area contributed by atoms with E-state index in [1.807, 2.05) is 13.8 Å². The predicted octanol–water partition coefficient (Wildman–Crippen LogP) is 2.56. The number of carbonyl (C=O) groups excluding carboxylic acids is 5. The molecule has 0 unspecified atom stereocenters. The minimum atomic E-state index is -0.882. The number of carbonyl (C=O) groups is 6. The number of carboxylic acids is 1. The summed E-state index contributed by atoms with van der Waals surface area (Å²) in [5, 5.41) is 17.5. The Kier molecular flexibility index (Phi) is 13.0. The van der Waals surface area contributed by atoms with Gasteiger partial charge in [0.05, 0.1) is 11.5 Å². The number of imide groups is 1. The fourth-order valence-electron chi connectivity index (χ4n) is 4.26. The summed E-state index contributed by atoms with van der Waals surface area (Å²) in [5.41, 5.74) is 1.39. The molecule has 2 rings (SSSR count). The molecule has 0 bridgehead atoms. The second-order valence-electron chi connectivity index (χ2n) is 12.0. The molecule has 1 aliphatic heterocycles. The van der Waals surface area contributed by atoms with Crippen molar-refractivity contribution in [2.45, 2.75) is 85.9 Å². The van der Waals surface area contributed by atoms with Gasteiger partial charge in [-0.05, 0) is 76.1 Å². The van der Waals surface area contributed by atoms with E-state index in [-0.39, 0.29) is 38.0 Å². The summed E-state index contributed by atoms with van der Waals surface area (Å²) >= 11 is 0. The third-order valence-corrected chi connectivity index (χ3v) is 6.83. The van der Waals surface area contributed by atoms with E-state index in [4.69, 9.17) is 9.84 Å². The van der Waals surface area contributed by atoms with E-state index in [2.05, 4.69) is 16.0 Å². The zero-order valence-corrected chi connectivity index (χ0v) is 25.8. The quantitative estimate of drug-likeness (QED) is 0.126. The number of esters is 1. The fourth-order valence-corrected chi connectivity index (χ4v) is 4.26. The number of unbranched alkanes of at least 4 members (excludes halogenated alkanes) is 1. The average Bonchev–Trinajstić information content (AvgIpc) is 3.23. The summed E-state index contributed by atoms with van der Waals surface area (Å²) in [6.07, 6.45) is 4.04. The SMILES string of the molecule is CC(C)[C@H](NCCN1C(=O)C=CC1=O)C(=O)N[C@@H](C)C(=O)Nc1ccc(COC(=O)C(C)(C)C)c(CCCCC(=O)O)c1. The molecule has 4 amide bonds. The Bertz CT molecular complexity index is 1220. The maximum atomic E-state index is 13.0. The number of nitrogens with zero attached hydrogens (tertiary/aromatic N) is 1. The van der Waals surface area contributed by atoms with Gasteiger partial charge in [-0.2, -0.15) is 0 Å². The Hall–Kier alpha value is -4.06. The number of anilines is 1. The number of carboxylic acid groups (broad SMARTS) is 1. The van der Waals surface area contributed by atoms with Gasteiger partial charge >= 0.3 is 11.9 Å². The summed E-state index contributed by atoms with van der Waals surface area (Å²) in [7, 11) is 0. The minimum absolute atomic E-state index is 0.0416. The van der Waals surface area contributed by atoms with Gasteiger partial charge in [-0.25, -0.2) is 0 Å². The van der Waals surface area contributed by atoms with Crippen LogP contribution in [0.1, 0.15) is 71.9 Å². The second-order valence-corrected chi connectivity index (χ2v) is 12.0. The van der Waals surface area contributed by atoms with E-state index < -0.39 is 47.1 Å². The topological polar surface area (TPSA) is 171 Å². The lowest BCUT2D eigenvalue weighted by Crippen LogP contribution is -2.53.